The SMILES string of the molecule is COc1ccccc1Cc1ncc2n1CCCC2. The molecule has 1 aromatic carbocycles. The Balaban J connectivity index is 1.90. The molecule has 0 amide bonds. The number of para-hydroxylation sites is 1. The molecule has 2 heterocycles. The van der Waals surface area contributed by atoms with Crippen molar-refractivity contribution >= 4 is 0 Å². The topological polar surface area (TPSA) is 27.1 Å². The van der Waals surface area contributed by atoms with Crippen molar-refractivity contribution < 1.29 is 4.74 Å². The van der Waals surface area contributed by atoms with E-state index in [1.807, 2.05) is 18.3 Å². The van der Waals surface area contributed by atoms with Crippen molar-refractivity contribution in [3.63, 3.8) is 0 Å². The highest BCUT2D eigenvalue weighted by Gasteiger charge is 2.15. The molecule has 0 N–H and O–H groups in total. The fourth-order valence-electron chi connectivity index (χ4n) is 2.66. The molecule has 3 nitrogen and oxygen atoms in total. The summed E-state index contributed by atoms with van der Waals surface area (Å²) in [5, 5.41) is 0. The highest BCUT2D eigenvalue weighted by Crippen LogP contribution is 2.23. The van der Waals surface area contributed by atoms with Gasteiger partial charge < -0.3 is 9.30 Å². The summed E-state index contributed by atoms with van der Waals surface area (Å²) >= 11 is 0. The third kappa shape index (κ3) is 2.01. The largest absolute Gasteiger partial charge is 0.496 e. The van der Waals surface area contributed by atoms with Crippen LogP contribution in [-0.2, 0) is 19.4 Å². The first-order valence-corrected chi connectivity index (χ1v) is 6.53. The van der Waals surface area contributed by atoms with Gasteiger partial charge in [-0.25, -0.2) is 4.98 Å². The fourth-order valence-corrected chi connectivity index (χ4v) is 2.66. The molecule has 94 valence electrons. The highest BCUT2D eigenvalue weighted by atomic mass is 16.5. The number of imidazole rings is 1. The highest BCUT2D eigenvalue weighted by molar-refractivity contribution is 5.35. The van der Waals surface area contributed by atoms with Gasteiger partial charge in [0.2, 0.25) is 0 Å². The molecule has 0 fully saturated rings. The number of aryl methyl sites for hydroxylation is 1. The van der Waals surface area contributed by atoms with Crippen molar-refractivity contribution in [2.75, 3.05) is 7.11 Å². The molecule has 1 aliphatic heterocycles. The van der Waals surface area contributed by atoms with E-state index in [2.05, 4.69) is 21.7 Å². The Bertz CT molecular complexity index is 545. The molecule has 0 spiro atoms. The van der Waals surface area contributed by atoms with Crippen LogP contribution in [-0.4, -0.2) is 16.7 Å². The van der Waals surface area contributed by atoms with Gasteiger partial charge in [0.15, 0.2) is 0 Å². The summed E-state index contributed by atoms with van der Waals surface area (Å²) in [7, 11) is 1.72. The Hall–Kier alpha value is -1.77. The molecule has 0 atom stereocenters. The van der Waals surface area contributed by atoms with Crippen LogP contribution >= 0.6 is 0 Å². The minimum absolute atomic E-state index is 0.851. The van der Waals surface area contributed by atoms with Crippen LogP contribution in [0.25, 0.3) is 0 Å². The van der Waals surface area contributed by atoms with Gasteiger partial charge in [0.05, 0.1) is 7.11 Å². The maximum Gasteiger partial charge on any atom is 0.122 e. The number of benzene rings is 1. The number of hydrogen-bond donors (Lipinski definition) is 0. The summed E-state index contributed by atoms with van der Waals surface area (Å²) < 4.78 is 7.77. The van der Waals surface area contributed by atoms with E-state index in [0.29, 0.717) is 0 Å². The number of aromatic nitrogens is 2. The lowest BCUT2D eigenvalue weighted by molar-refractivity contribution is 0.409. The summed E-state index contributed by atoms with van der Waals surface area (Å²) in [6.07, 6.45) is 6.61. The predicted octanol–water partition coefficient (Wildman–Crippen LogP) is 2.82. The third-order valence-electron chi connectivity index (χ3n) is 3.63. The van der Waals surface area contributed by atoms with Crippen molar-refractivity contribution in [2.45, 2.75) is 32.2 Å². The average Bonchev–Trinajstić information content (AvgIpc) is 2.83. The molecule has 3 heteroatoms. The summed E-state index contributed by atoms with van der Waals surface area (Å²) in [5.74, 6) is 2.11. The van der Waals surface area contributed by atoms with Crippen LogP contribution in [0.15, 0.2) is 30.5 Å². The first-order valence-electron chi connectivity index (χ1n) is 6.53. The number of rotatable bonds is 3. The zero-order chi connectivity index (χ0) is 12.4. The van der Waals surface area contributed by atoms with Crippen molar-refractivity contribution in [2.24, 2.45) is 0 Å². The van der Waals surface area contributed by atoms with Crippen molar-refractivity contribution in [3.8, 4) is 5.75 Å². The zero-order valence-corrected chi connectivity index (χ0v) is 10.7. The second-order valence-corrected chi connectivity index (χ2v) is 4.76. The Kier molecular flexibility index (Phi) is 3.05. The van der Waals surface area contributed by atoms with Gasteiger partial charge in [-0.05, 0) is 25.3 Å². The maximum absolute atomic E-state index is 5.40. The van der Waals surface area contributed by atoms with Crippen LogP contribution in [0.3, 0.4) is 0 Å². The molecule has 1 aliphatic rings. The second kappa shape index (κ2) is 4.84. The maximum atomic E-state index is 5.40. The first-order chi connectivity index (χ1) is 8.88. The van der Waals surface area contributed by atoms with E-state index in [0.717, 1.165) is 24.5 Å². The Morgan fingerprint density at radius 3 is 3.06 bits per heavy atom. The van der Waals surface area contributed by atoms with Gasteiger partial charge in [0, 0.05) is 30.4 Å². The van der Waals surface area contributed by atoms with E-state index in [1.165, 1.54) is 30.5 Å². The van der Waals surface area contributed by atoms with Gasteiger partial charge >= 0.3 is 0 Å². The molecule has 0 bridgehead atoms. The summed E-state index contributed by atoms with van der Waals surface area (Å²) in [6, 6.07) is 8.18. The lowest BCUT2D eigenvalue weighted by Crippen LogP contribution is -2.13. The molecular weight excluding hydrogens is 224 g/mol. The van der Waals surface area contributed by atoms with E-state index < -0.39 is 0 Å². The molecule has 18 heavy (non-hydrogen) atoms. The van der Waals surface area contributed by atoms with E-state index in [-0.39, 0.29) is 0 Å². The van der Waals surface area contributed by atoms with Crippen molar-refractivity contribution in [3.05, 3.63) is 47.5 Å². The van der Waals surface area contributed by atoms with Crippen LogP contribution in [0.5, 0.6) is 5.75 Å². The van der Waals surface area contributed by atoms with Crippen LogP contribution in [0.1, 0.15) is 29.9 Å². The third-order valence-corrected chi connectivity index (χ3v) is 3.63. The van der Waals surface area contributed by atoms with Gasteiger partial charge in [-0.2, -0.15) is 0 Å². The number of ether oxygens (including phenoxy) is 1. The lowest BCUT2D eigenvalue weighted by Gasteiger charge is -2.17. The minimum atomic E-state index is 0.851. The monoisotopic (exact) mass is 242 g/mol. The predicted molar refractivity (Wildman–Crippen MR) is 71.0 cm³/mol. The standard InChI is InChI=1S/C15H18N2O/c1-18-14-8-3-2-6-12(14)10-15-16-11-13-7-4-5-9-17(13)15/h2-3,6,8,11H,4-5,7,9-10H2,1H3. The first kappa shape index (κ1) is 11.3. The Morgan fingerprint density at radius 2 is 2.17 bits per heavy atom. The van der Waals surface area contributed by atoms with Crippen LogP contribution < -0.4 is 4.74 Å². The number of hydrogen-bond acceptors (Lipinski definition) is 2. The molecular formula is C15H18N2O. The zero-order valence-electron chi connectivity index (χ0n) is 10.7. The summed E-state index contributed by atoms with van der Waals surface area (Å²) in [4.78, 5) is 4.58. The van der Waals surface area contributed by atoms with E-state index in [1.54, 1.807) is 7.11 Å². The van der Waals surface area contributed by atoms with Gasteiger partial charge in [-0.15, -0.1) is 0 Å². The fraction of sp³-hybridized carbons (Fsp3) is 0.400. The number of methoxy groups -OCH3 is 1. The van der Waals surface area contributed by atoms with Crippen LogP contribution in [0.4, 0.5) is 0 Å². The molecule has 0 saturated heterocycles. The molecule has 0 radical (unpaired) electrons. The smallest absolute Gasteiger partial charge is 0.122 e. The van der Waals surface area contributed by atoms with E-state index >= 15 is 0 Å². The van der Waals surface area contributed by atoms with Gasteiger partial charge in [0.1, 0.15) is 11.6 Å². The lowest BCUT2D eigenvalue weighted by atomic mass is 10.1. The second-order valence-electron chi connectivity index (χ2n) is 4.76. The Labute approximate surface area is 107 Å². The molecule has 3 rings (SSSR count). The quantitative estimate of drug-likeness (QED) is 0.827. The Morgan fingerprint density at radius 1 is 1.28 bits per heavy atom. The average molecular weight is 242 g/mol. The molecule has 0 aliphatic carbocycles. The number of fused-ring (bicyclic) bond motifs is 1. The molecule has 0 unspecified atom stereocenters. The molecule has 1 aromatic heterocycles. The van der Waals surface area contributed by atoms with Gasteiger partial charge in [-0.3, -0.25) is 0 Å². The van der Waals surface area contributed by atoms with Crippen molar-refractivity contribution in [1.29, 1.82) is 0 Å². The summed E-state index contributed by atoms with van der Waals surface area (Å²) in [5.41, 5.74) is 2.59. The normalized spacial score (nSPS) is 14.3. The minimum Gasteiger partial charge on any atom is -0.496 e. The number of nitrogens with zero attached hydrogens (tertiary/aromatic N) is 2. The van der Waals surface area contributed by atoms with Crippen molar-refractivity contribution in [1.82, 2.24) is 9.55 Å². The van der Waals surface area contributed by atoms with E-state index in [9.17, 15) is 0 Å². The molecule has 2 aromatic rings. The van der Waals surface area contributed by atoms with Crippen LogP contribution in [0, 0.1) is 0 Å². The van der Waals surface area contributed by atoms with E-state index in [4.69, 9.17) is 4.74 Å². The summed E-state index contributed by atoms with van der Waals surface area (Å²) in [6.45, 7) is 1.11. The molecule has 0 saturated carbocycles. The van der Waals surface area contributed by atoms with Gasteiger partial charge in [0.25, 0.3) is 0 Å². The van der Waals surface area contributed by atoms with Crippen LogP contribution in [0.2, 0.25) is 0 Å². The van der Waals surface area contributed by atoms with Gasteiger partial charge in [-0.1, -0.05) is 18.2 Å².